The highest BCUT2D eigenvalue weighted by Crippen LogP contribution is 2.26. The first kappa shape index (κ1) is 20.8. The number of nitrogens with one attached hydrogen (secondary N) is 1. The Kier molecular flexibility index (Phi) is 5.33. The lowest BCUT2D eigenvalue weighted by Crippen LogP contribution is -2.54. The van der Waals surface area contributed by atoms with Gasteiger partial charge in [0.1, 0.15) is 5.57 Å². The summed E-state index contributed by atoms with van der Waals surface area (Å²) in [5.74, 6) is -0.922. The average molecular weight is 430 g/mol. The number of anilines is 1. The molecule has 0 saturated carbocycles. The van der Waals surface area contributed by atoms with Crippen molar-refractivity contribution in [2.45, 2.75) is 27.7 Å². The summed E-state index contributed by atoms with van der Waals surface area (Å²) < 4.78 is 2.14. The molecule has 1 fully saturated rings. The van der Waals surface area contributed by atoms with Crippen molar-refractivity contribution < 1.29 is 9.59 Å². The topological polar surface area (TPSA) is 54.3 Å². The quantitative estimate of drug-likeness (QED) is 0.378. The lowest BCUT2D eigenvalue weighted by molar-refractivity contribution is -0.122. The number of hydrogen-bond donors (Lipinski definition) is 1. The molecule has 1 N–H and O–H groups in total. The molecule has 2 heterocycles. The summed E-state index contributed by atoms with van der Waals surface area (Å²) in [6.07, 6.45) is 1.65. The molecule has 156 valence electrons. The molecule has 1 aliphatic heterocycles. The zero-order valence-electron chi connectivity index (χ0n) is 17.9. The van der Waals surface area contributed by atoms with Crippen molar-refractivity contribution in [3.63, 3.8) is 0 Å². The van der Waals surface area contributed by atoms with Gasteiger partial charge >= 0.3 is 0 Å². The Hall–Kier alpha value is -3.51. The van der Waals surface area contributed by atoms with Crippen molar-refractivity contribution in [2.24, 2.45) is 0 Å². The summed E-state index contributed by atoms with van der Waals surface area (Å²) in [6, 6.07) is 17.4. The molecular weight excluding hydrogens is 406 g/mol. The highest BCUT2D eigenvalue weighted by Gasteiger charge is 2.34. The van der Waals surface area contributed by atoms with Crippen LogP contribution in [-0.2, 0) is 9.59 Å². The van der Waals surface area contributed by atoms with Crippen LogP contribution in [0.15, 0.2) is 60.2 Å². The van der Waals surface area contributed by atoms with Gasteiger partial charge in [-0.25, -0.2) is 0 Å². The molecule has 0 unspecified atom stereocenters. The first-order valence-corrected chi connectivity index (χ1v) is 10.4. The maximum absolute atomic E-state index is 13.2. The predicted octanol–water partition coefficient (Wildman–Crippen LogP) is 4.54. The normalized spacial score (nSPS) is 15.5. The van der Waals surface area contributed by atoms with Gasteiger partial charge in [-0.05, 0) is 93.0 Å². The van der Waals surface area contributed by atoms with E-state index < -0.39 is 11.8 Å². The van der Waals surface area contributed by atoms with Gasteiger partial charge in [-0.15, -0.1) is 0 Å². The molecule has 0 radical (unpaired) electrons. The molecule has 3 aromatic rings. The zero-order chi connectivity index (χ0) is 22.3. The minimum Gasteiger partial charge on any atom is -0.318 e. The number of carbonyl (C=O) groups excluding carboxylic acids is 2. The number of aromatic nitrogens is 1. The van der Waals surface area contributed by atoms with Crippen LogP contribution >= 0.6 is 12.2 Å². The zero-order valence-corrected chi connectivity index (χ0v) is 18.7. The van der Waals surface area contributed by atoms with Gasteiger partial charge in [0.2, 0.25) is 0 Å². The second-order valence-corrected chi connectivity index (χ2v) is 8.19. The van der Waals surface area contributed by atoms with E-state index in [9.17, 15) is 9.59 Å². The molecular formula is C25H23N3O2S. The summed E-state index contributed by atoms with van der Waals surface area (Å²) in [7, 11) is 0. The smallest absolute Gasteiger partial charge is 0.270 e. The van der Waals surface area contributed by atoms with Crippen LogP contribution in [-0.4, -0.2) is 21.5 Å². The van der Waals surface area contributed by atoms with Gasteiger partial charge in [0.05, 0.1) is 5.69 Å². The van der Waals surface area contributed by atoms with Crippen LogP contribution in [0.4, 0.5) is 5.69 Å². The van der Waals surface area contributed by atoms with Crippen molar-refractivity contribution in [3.05, 3.63) is 88.2 Å². The fourth-order valence-corrected chi connectivity index (χ4v) is 4.32. The number of amides is 2. The number of thiocarbonyl (C=S) groups is 1. The molecule has 1 aromatic heterocycles. The number of benzene rings is 2. The Morgan fingerprint density at radius 2 is 1.52 bits per heavy atom. The van der Waals surface area contributed by atoms with Crippen LogP contribution in [0.2, 0.25) is 0 Å². The Bertz CT molecular complexity index is 1240. The third-order valence-electron chi connectivity index (χ3n) is 5.35. The van der Waals surface area contributed by atoms with Crippen molar-refractivity contribution >= 4 is 40.9 Å². The maximum atomic E-state index is 13.2. The molecule has 1 saturated heterocycles. The highest BCUT2D eigenvalue weighted by atomic mass is 32.1. The number of carbonyl (C=O) groups is 2. The van der Waals surface area contributed by atoms with Crippen molar-refractivity contribution in [3.8, 4) is 5.69 Å². The highest BCUT2D eigenvalue weighted by molar-refractivity contribution is 7.80. The van der Waals surface area contributed by atoms with E-state index in [-0.39, 0.29) is 10.7 Å². The molecule has 0 bridgehead atoms. The third-order valence-corrected chi connectivity index (χ3v) is 5.64. The number of nitrogens with zero attached hydrogens (tertiary/aromatic N) is 2. The third kappa shape index (κ3) is 3.82. The van der Waals surface area contributed by atoms with E-state index in [1.165, 1.54) is 16.0 Å². The van der Waals surface area contributed by atoms with Gasteiger partial charge in [0, 0.05) is 17.1 Å². The summed E-state index contributed by atoms with van der Waals surface area (Å²) >= 11 is 5.26. The van der Waals surface area contributed by atoms with Gasteiger partial charge in [-0.3, -0.25) is 19.8 Å². The van der Waals surface area contributed by atoms with E-state index in [4.69, 9.17) is 12.2 Å². The Morgan fingerprint density at radius 3 is 2.16 bits per heavy atom. The first-order chi connectivity index (χ1) is 14.8. The van der Waals surface area contributed by atoms with Crippen LogP contribution in [0.5, 0.6) is 0 Å². The lowest BCUT2D eigenvalue weighted by Gasteiger charge is -2.28. The van der Waals surface area contributed by atoms with Crippen molar-refractivity contribution in [1.29, 1.82) is 0 Å². The van der Waals surface area contributed by atoms with Gasteiger partial charge in [-0.2, -0.15) is 0 Å². The summed E-state index contributed by atoms with van der Waals surface area (Å²) in [4.78, 5) is 27.2. The molecule has 0 atom stereocenters. The molecule has 2 amide bonds. The second kappa shape index (κ2) is 7.96. The van der Waals surface area contributed by atoms with E-state index in [1.54, 1.807) is 18.2 Å². The molecule has 5 nitrogen and oxygen atoms in total. The fraction of sp³-hybridized carbons (Fsp3) is 0.160. The van der Waals surface area contributed by atoms with Gasteiger partial charge in [0.15, 0.2) is 5.11 Å². The Morgan fingerprint density at radius 1 is 0.871 bits per heavy atom. The monoisotopic (exact) mass is 429 g/mol. The Labute approximate surface area is 187 Å². The fourth-order valence-electron chi connectivity index (χ4n) is 4.04. The van der Waals surface area contributed by atoms with Crippen LogP contribution in [0, 0.1) is 27.7 Å². The van der Waals surface area contributed by atoms with Crippen LogP contribution < -0.4 is 10.2 Å². The van der Waals surface area contributed by atoms with Crippen LogP contribution in [0.3, 0.4) is 0 Å². The number of hydrogen-bond acceptors (Lipinski definition) is 3. The lowest BCUT2D eigenvalue weighted by atomic mass is 10.1. The number of rotatable bonds is 3. The molecule has 0 spiro atoms. The van der Waals surface area contributed by atoms with Crippen molar-refractivity contribution in [1.82, 2.24) is 9.88 Å². The van der Waals surface area contributed by atoms with E-state index in [2.05, 4.69) is 41.9 Å². The van der Waals surface area contributed by atoms with Crippen molar-refractivity contribution in [2.75, 3.05) is 4.90 Å². The van der Waals surface area contributed by atoms with Crippen LogP contribution in [0.1, 0.15) is 28.1 Å². The van der Waals surface area contributed by atoms with E-state index in [0.717, 1.165) is 22.6 Å². The maximum Gasteiger partial charge on any atom is 0.270 e. The predicted molar refractivity (Wildman–Crippen MR) is 127 cm³/mol. The van der Waals surface area contributed by atoms with Gasteiger partial charge in [-0.1, -0.05) is 24.3 Å². The average Bonchev–Trinajstić information content (AvgIpc) is 2.98. The molecule has 0 aliphatic carbocycles. The van der Waals surface area contributed by atoms with E-state index in [0.29, 0.717) is 5.69 Å². The standard InChI is InChI=1S/C25H23N3O2S/c1-15-10-16(2)12-21(11-15)27-17(3)13-19(18(27)4)14-22-23(29)26-25(31)28(24(22)30)20-8-6-5-7-9-20/h5-14H,1-4H3,(H,26,29,31)/b22-14+. The van der Waals surface area contributed by atoms with Crippen LogP contribution in [0.25, 0.3) is 11.8 Å². The summed E-state index contributed by atoms with van der Waals surface area (Å²) in [5.41, 5.74) is 6.87. The summed E-state index contributed by atoms with van der Waals surface area (Å²) in [6.45, 7) is 8.14. The molecule has 2 aromatic carbocycles. The van der Waals surface area contributed by atoms with Gasteiger partial charge in [0.25, 0.3) is 11.8 Å². The minimum absolute atomic E-state index is 0.0538. The molecule has 6 heteroatoms. The molecule has 1 aliphatic rings. The van der Waals surface area contributed by atoms with E-state index >= 15 is 0 Å². The Balaban J connectivity index is 1.78. The largest absolute Gasteiger partial charge is 0.318 e. The first-order valence-electron chi connectivity index (χ1n) is 10.0. The minimum atomic E-state index is -0.488. The molecule has 4 rings (SSSR count). The van der Waals surface area contributed by atoms with Gasteiger partial charge < -0.3 is 4.57 Å². The molecule has 31 heavy (non-hydrogen) atoms. The SMILES string of the molecule is Cc1cc(C)cc(-n2c(C)cc(/C=C3\C(=O)NC(=S)N(c4ccccc4)C3=O)c2C)c1. The number of para-hydroxylation sites is 1. The van der Waals surface area contributed by atoms with E-state index in [1.807, 2.05) is 38.1 Å². The second-order valence-electron chi connectivity index (χ2n) is 7.80. The number of aryl methyl sites for hydroxylation is 3. The summed E-state index contributed by atoms with van der Waals surface area (Å²) in [5, 5.41) is 2.72.